The molecule has 0 aromatic heterocycles. The zero-order chi connectivity index (χ0) is 10.7. The topological polar surface area (TPSA) is 46.5 Å². The van der Waals surface area contributed by atoms with Gasteiger partial charge in [-0.25, -0.2) is 0 Å². The van der Waals surface area contributed by atoms with Gasteiger partial charge in [-0.3, -0.25) is 4.79 Å². The number of rotatable bonds is 3. The van der Waals surface area contributed by atoms with Gasteiger partial charge in [0.2, 0.25) is 0 Å². The number of hydrogen-bond acceptors (Lipinski definition) is 3. The number of benzene rings is 1. The molecule has 0 bridgehead atoms. The van der Waals surface area contributed by atoms with Crippen LogP contribution in [0.15, 0.2) is 12.1 Å². The van der Waals surface area contributed by atoms with Crippen LogP contribution in [-0.4, -0.2) is 24.6 Å². The molecule has 0 heterocycles. The molecular weight excluding hydrogens is 318 g/mol. The molecule has 3 nitrogen and oxygen atoms in total. The summed E-state index contributed by atoms with van der Waals surface area (Å²) in [6.07, 6.45) is 0. The van der Waals surface area contributed by atoms with Crippen molar-refractivity contribution in [1.82, 2.24) is 0 Å². The van der Waals surface area contributed by atoms with Gasteiger partial charge in [-0.1, -0.05) is 11.6 Å². The number of aliphatic hydroxyl groups excluding tert-OH is 1. The van der Waals surface area contributed by atoms with Gasteiger partial charge in [0, 0.05) is 5.56 Å². The molecule has 0 saturated carbocycles. The largest absolute Gasteiger partial charge is 0.494 e. The summed E-state index contributed by atoms with van der Waals surface area (Å²) >= 11 is 7.89. The lowest BCUT2D eigenvalue weighted by molar-refractivity contribution is 0.0903. The van der Waals surface area contributed by atoms with E-state index in [4.69, 9.17) is 21.4 Å². The van der Waals surface area contributed by atoms with E-state index in [1.54, 1.807) is 6.07 Å². The molecule has 1 aromatic rings. The van der Waals surface area contributed by atoms with Crippen LogP contribution in [0.2, 0.25) is 5.02 Å². The number of ether oxygens (including phenoxy) is 1. The Morgan fingerprint density at radius 1 is 1.64 bits per heavy atom. The molecule has 0 amide bonds. The van der Waals surface area contributed by atoms with Crippen LogP contribution in [0, 0.1) is 3.57 Å². The zero-order valence-corrected chi connectivity index (χ0v) is 10.3. The predicted molar refractivity (Wildman–Crippen MR) is 62.1 cm³/mol. The summed E-state index contributed by atoms with van der Waals surface area (Å²) in [6.45, 7) is -0.515. The van der Waals surface area contributed by atoms with E-state index < -0.39 is 6.61 Å². The van der Waals surface area contributed by atoms with Crippen molar-refractivity contribution < 1.29 is 14.6 Å². The lowest BCUT2D eigenvalue weighted by atomic mass is 10.1. The molecule has 0 saturated heterocycles. The van der Waals surface area contributed by atoms with Gasteiger partial charge in [0.25, 0.3) is 0 Å². The lowest BCUT2D eigenvalue weighted by Gasteiger charge is -2.07. The summed E-state index contributed by atoms with van der Waals surface area (Å²) < 4.78 is 5.78. The summed E-state index contributed by atoms with van der Waals surface area (Å²) in [5.74, 6) is 0.189. The van der Waals surface area contributed by atoms with Crippen LogP contribution >= 0.6 is 34.2 Å². The summed E-state index contributed by atoms with van der Waals surface area (Å²) in [5, 5.41) is 9.04. The third-order valence-electron chi connectivity index (χ3n) is 1.67. The van der Waals surface area contributed by atoms with E-state index in [0.717, 1.165) is 3.57 Å². The Labute approximate surface area is 100 Å². The van der Waals surface area contributed by atoms with Gasteiger partial charge in [-0.05, 0) is 34.7 Å². The first kappa shape index (κ1) is 11.7. The molecule has 0 spiro atoms. The van der Waals surface area contributed by atoms with Crippen LogP contribution in [0.25, 0.3) is 0 Å². The molecular formula is C9H8ClIO3. The molecule has 0 unspecified atom stereocenters. The first-order valence-electron chi connectivity index (χ1n) is 3.77. The molecule has 1 rings (SSSR count). The first-order chi connectivity index (χ1) is 6.60. The number of carbonyl (C=O) groups excluding carboxylic acids is 1. The van der Waals surface area contributed by atoms with Crippen molar-refractivity contribution in [2.24, 2.45) is 0 Å². The molecule has 0 radical (unpaired) electrons. The smallest absolute Gasteiger partial charge is 0.188 e. The van der Waals surface area contributed by atoms with Crippen molar-refractivity contribution in [2.75, 3.05) is 13.7 Å². The van der Waals surface area contributed by atoms with E-state index in [1.165, 1.54) is 13.2 Å². The van der Waals surface area contributed by atoms with Gasteiger partial charge in [0.15, 0.2) is 11.5 Å². The monoisotopic (exact) mass is 326 g/mol. The molecule has 1 aromatic carbocycles. The number of ketones is 1. The van der Waals surface area contributed by atoms with Crippen LogP contribution in [-0.2, 0) is 0 Å². The summed E-state index contributed by atoms with van der Waals surface area (Å²) in [4.78, 5) is 11.2. The molecule has 14 heavy (non-hydrogen) atoms. The Hall–Kier alpha value is -0.330. The second-order valence-electron chi connectivity index (χ2n) is 2.55. The Morgan fingerprint density at radius 3 is 2.71 bits per heavy atom. The van der Waals surface area contributed by atoms with E-state index in [2.05, 4.69) is 0 Å². The van der Waals surface area contributed by atoms with Gasteiger partial charge >= 0.3 is 0 Å². The highest BCUT2D eigenvalue weighted by Gasteiger charge is 2.11. The number of halogens is 2. The van der Waals surface area contributed by atoms with Crippen LogP contribution < -0.4 is 4.74 Å². The summed E-state index contributed by atoms with van der Waals surface area (Å²) in [5.41, 5.74) is 0.391. The first-order valence-corrected chi connectivity index (χ1v) is 5.23. The van der Waals surface area contributed by atoms with Gasteiger partial charge in [-0.2, -0.15) is 0 Å². The quantitative estimate of drug-likeness (QED) is 0.684. The van der Waals surface area contributed by atoms with Crippen molar-refractivity contribution >= 4 is 40.0 Å². The molecule has 0 aliphatic carbocycles. The van der Waals surface area contributed by atoms with Crippen molar-refractivity contribution in [3.8, 4) is 5.75 Å². The van der Waals surface area contributed by atoms with E-state index in [9.17, 15) is 4.79 Å². The highest BCUT2D eigenvalue weighted by molar-refractivity contribution is 14.1. The highest BCUT2D eigenvalue weighted by Crippen LogP contribution is 2.31. The molecule has 5 heteroatoms. The number of hydrogen-bond donors (Lipinski definition) is 1. The Morgan fingerprint density at radius 2 is 2.29 bits per heavy atom. The molecule has 0 atom stereocenters. The second kappa shape index (κ2) is 4.95. The van der Waals surface area contributed by atoms with Gasteiger partial charge in [0.1, 0.15) is 6.61 Å². The zero-order valence-electron chi connectivity index (χ0n) is 7.38. The Bertz CT molecular complexity index is 342. The highest BCUT2D eigenvalue weighted by atomic mass is 127. The van der Waals surface area contributed by atoms with Crippen molar-refractivity contribution in [3.63, 3.8) is 0 Å². The number of aliphatic hydroxyl groups is 1. The molecule has 0 fully saturated rings. The van der Waals surface area contributed by atoms with Crippen molar-refractivity contribution in [2.45, 2.75) is 0 Å². The third-order valence-corrected chi connectivity index (χ3v) is 2.75. The minimum absolute atomic E-state index is 0.354. The standard InChI is InChI=1S/C9H8ClIO3/c1-14-9-6(10)2-5(3-7(9)11)8(13)4-12/h2-3,12H,4H2,1H3. The van der Waals surface area contributed by atoms with Crippen LogP contribution in [0.5, 0.6) is 5.75 Å². The number of Topliss-reactive ketones (excluding diaryl/α,β-unsaturated/α-hetero) is 1. The second-order valence-corrected chi connectivity index (χ2v) is 4.12. The average molecular weight is 327 g/mol. The van der Waals surface area contributed by atoms with Gasteiger partial charge in [-0.15, -0.1) is 0 Å². The van der Waals surface area contributed by atoms with Crippen LogP contribution in [0.1, 0.15) is 10.4 Å². The maximum atomic E-state index is 11.2. The van der Waals surface area contributed by atoms with Crippen LogP contribution in [0.3, 0.4) is 0 Å². The number of carbonyl (C=O) groups is 1. The molecule has 0 aliphatic rings. The Balaban J connectivity index is 3.20. The minimum atomic E-state index is -0.515. The SMILES string of the molecule is COc1c(Cl)cc(C(=O)CO)cc1I. The fraction of sp³-hybridized carbons (Fsp3) is 0.222. The van der Waals surface area contributed by atoms with Crippen molar-refractivity contribution in [1.29, 1.82) is 0 Å². The maximum absolute atomic E-state index is 11.2. The van der Waals surface area contributed by atoms with Crippen molar-refractivity contribution in [3.05, 3.63) is 26.3 Å². The fourth-order valence-electron chi connectivity index (χ4n) is 1.01. The van der Waals surface area contributed by atoms with E-state index in [1.807, 2.05) is 22.6 Å². The normalized spacial score (nSPS) is 10.0. The van der Waals surface area contributed by atoms with E-state index in [-0.39, 0.29) is 5.78 Å². The average Bonchev–Trinajstić information content (AvgIpc) is 2.16. The lowest BCUT2D eigenvalue weighted by Crippen LogP contribution is -2.05. The van der Waals surface area contributed by atoms with Crippen LogP contribution in [0.4, 0.5) is 0 Å². The summed E-state index contributed by atoms with van der Waals surface area (Å²) in [7, 11) is 1.51. The molecule has 1 N–H and O–H groups in total. The van der Waals surface area contributed by atoms with E-state index in [0.29, 0.717) is 16.3 Å². The van der Waals surface area contributed by atoms with E-state index >= 15 is 0 Å². The third kappa shape index (κ3) is 2.37. The molecule has 76 valence electrons. The predicted octanol–water partition coefficient (Wildman–Crippen LogP) is 2.13. The fourth-order valence-corrected chi connectivity index (χ4v) is 2.31. The maximum Gasteiger partial charge on any atom is 0.188 e. The minimum Gasteiger partial charge on any atom is -0.494 e. The number of methoxy groups -OCH3 is 1. The van der Waals surface area contributed by atoms with Gasteiger partial charge in [0.05, 0.1) is 15.7 Å². The van der Waals surface area contributed by atoms with Gasteiger partial charge < -0.3 is 9.84 Å². The summed E-state index contributed by atoms with van der Waals surface area (Å²) in [6, 6.07) is 3.12. The Kier molecular flexibility index (Phi) is 4.15. The molecule has 0 aliphatic heterocycles.